The Morgan fingerprint density at radius 2 is 1.77 bits per heavy atom. The molecule has 2 fully saturated rings. The summed E-state index contributed by atoms with van der Waals surface area (Å²) in [4.78, 5) is 23.3. The van der Waals surface area contributed by atoms with Gasteiger partial charge in [-0.25, -0.2) is 9.78 Å². The zero-order valence-corrected chi connectivity index (χ0v) is 27.0. The molecule has 10 heteroatoms. The number of halogens is 1. The minimum absolute atomic E-state index is 0.0651. The molecule has 0 N–H and O–H groups in total. The van der Waals surface area contributed by atoms with Gasteiger partial charge in [-0.1, -0.05) is 23.7 Å². The highest BCUT2D eigenvalue weighted by Gasteiger charge is 2.36. The Morgan fingerprint density at radius 3 is 2.48 bits per heavy atom. The summed E-state index contributed by atoms with van der Waals surface area (Å²) in [5.41, 5.74) is 6.70. The van der Waals surface area contributed by atoms with E-state index in [0.717, 1.165) is 98.8 Å². The molecule has 3 heterocycles. The van der Waals surface area contributed by atoms with E-state index in [1.54, 1.807) is 11.3 Å². The number of likely N-dealkylation sites (N-methyl/N-ethyl adjacent to an activating group) is 1. The molecule has 0 amide bonds. The quantitative estimate of drug-likeness (QED) is 0.171. The van der Waals surface area contributed by atoms with Crippen molar-refractivity contribution in [1.29, 1.82) is 0 Å². The summed E-state index contributed by atoms with van der Waals surface area (Å²) in [6, 6.07) is 16.3. The molecular weight excluding hydrogens is 594 g/mol. The van der Waals surface area contributed by atoms with E-state index in [1.165, 1.54) is 0 Å². The lowest BCUT2D eigenvalue weighted by Gasteiger charge is -2.32. The second kappa shape index (κ2) is 11.8. The number of hydrogen-bond acceptors (Lipinski definition) is 8. The van der Waals surface area contributed by atoms with E-state index in [2.05, 4.69) is 41.1 Å². The molecular formula is C34H36ClN5O3S. The highest BCUT2D eigenvalue weighted by Crippen LogP contribution is 2.45. The first kappa shape index (κ1) is 29.2. The molecule has 7 rings (SSSR count). The van der Waals surface area contributed by atoms with Crippen molar-refractivity contribution in [3.8, 4) is 21.7 Å². The normalized spacial score (nSPS) is 16.6. The third-order valence-corrected chi connectivity index (χ3v) is 9.95. The molecule has 1 saturated carbocycles. The van der Waals surface area contributed by atoms with Crippen LogP contribution in [0.15, 0.2) is 48.5 Å². The van der Waals surface area contributed by atoms with Crippen molar-refractivity contribution in [1.82, 2.24) is 19.7 Å². The van der Waals surface area contributed by atoms with Crippen molar-refractivity contribution < 1.29 is 14.3 Å². The van der Waals surface area contributed by atoms with Gasteiger partial charge in [0, 0.05) is 60.3 Å². The van der Waals surface area contributed by atoms with Crippen LogP contribution in [0.25, 0.3) is 42.8 Å². The van der Waals surface area contributed by atoms with Crippen LogP contribution in [0.2, 0.25) is 5.02 Å². The Balaban J connectivity index is 1.39. The maximum Gasteiger partial charge on any atom is 0.339 e. The van der Waals surface area contributed by atoms with Gasteiger partial charge in [0.15, 0.2) is 11.9 Å². The van der Waals surface area contributed by atoms with E-state index in [0.29, 0.717) is 11.6 Å². The van der Waals surface area contributed by atoms with E-state index in [4.69, 9.17) is 31.2 Å². The number of fused-ring (bicyclic) bond motifs is 2. The van der Waals surface area contributed by atoms with E-state index < -0.39 is 6.10 Å². The molecule has 0 spiro atoms. The number of ether oxygens (including phenoxy) is 2. The Hall–Kier alpha value is -3.50. The Morgan fingerprint density at radius 1 is 1.05 bits per heavy atom. The van der Waals surface area contributed by atoms with Gasteiger partial charge in [-0.2, -0.15) is 5.10 Å². The number of carbonyl (C=O) groups excluding carboxylic acids is 1. The first-order valence-electron chi connectivity index (χ1n) is 15.2. The second-order valence-electron chi connectivity index (χ2n) is 11.8. The monoisotopic (exact) mass is 629 g/mol. The fourth-order valence-corrected chi connectivity index (χ4v) is 7.31. The average Bonchev–Trinajstić information content (AvgIpc) is 3.65. The molecule has 0 bridgehead atoms. The zero-order valence-electron chi connectivity index (χ0n) is 25.5. The van der Waals surface area contributed by atoms with Crippen LogP contribution < -0.4 is 4.90 Å². The van der Waals surface area contributed by atoms with Gasteiger partial charge >= 0.3 is 5.97 Å². The molecule has 228 valence electrons. The van der Waals surface area contributed by atoms with Crippen molar-refractivity contribution in [3.63, 3.8) is 0 Å². The maximum atomic E-state index is 13.4. The summed E-state index contributed by atoms with van der Waals surface area (Å²) in [5.74, 6) is 0.660. The summed E-state index contributed by atoms with van der Waals surface area (Å²) < 4.78 is 14.9. The van der Waals surface area contributed by atoms with Gasteiger partial charge in [-0.3, -0.25) is 4.68 Å². The molecule has 0 unspecified atom stereocenters. The van der Waals surface area contributed by atoms with Crippen LogP contribution >= 0.6 is 22.9 Å². The summed E-state index contributed by atoms with van der Waals surface area (Å²) >= 11 is 7.94. The summed E-state index contributed by atoms with van der Waals surface area (Å²) in [5, 5.41) is 7.62. The number of piperazine rings is 1. The fourth-order valence-electron chi connectivity index (χ4n) is 6.06. The van der Waals surface area contributed by atoms with Gasteiger partial charge in [-0.05, 0) is 81.3 Å². The summed E-state index contributed by atoms with van der Waals surface area (Å²) in [6.07, 6.45) is 1.15. The van der Waals surface area contributed by atoms with E-state index >= 15 is 0 Å². The largest absolute Gasteiger partial charge is 0.464 e. The fraction of sp³-hybridized carbons (Fsp3) is 0.382. The van der Waals surface area contributed by atoms with Crippen LogP contribution in [-0.2, 0) is 21.3 Å². The molecule has 8 nitrogen and oxygen atoms in total. The molecule has 44 heavy (non-hydrogen) atoms. The van der Waals surface area contributed by atoms with E-state index in [-0.39, 0.29) is 12.1 Å². The molecule has 2 aliphatic rings. The minimum atomic E-state index is -0.819. The first-order chi connectivity index (χ1) is 21.3. The van der Waals surface area contributed by atoms with E-state index in [1.807, 2.05) is 49.8 Å². The highest BCUT2D eigenvalue weighted by molar-refractivity contribution is 7.22. The maximum absolute atomic E-state index is 13.4. The van der Waals surface area contributed by atoms with Crippen molar-refractivity contribution in [2.45, 2.75) is 38.9 Å². The molecule has 1 saturated heterocycles. The molecule has 1 aliphatic heterocycles. The van der Waals surface area contributed by atoms with Gasteiger partial charge in [-0.15, -0.1) is 11.3 Å². The van der Waals surface area contributed by atoms with Crippen LogP contribution in [0.5, 0.6) is 0 Å². The lowest BCUT2D eigenvalue weighted by molar-refractivity contribution is -0.158. The van der Waals surface area contributed by atoms with Gasteiger partial charge in [0.05, 0.1) is 28.4 Å². The minimum Gasteiger partial charge on any atom is -0.464 e. The Bertz CT molecular complexity index is 1850. The number of rotatable bonds is 8. The second-order valence-corrected chi connectivity index (χ2v) is 13.2. The number of aromatic nitrogens is 3. The number of benzene rings is 3. The van der Waals surface area contributed by atoms with Crippen LogP contribution in [-0.4, -0.2) is 71.6 Å². The number of nitrogens with zero attached hydrogens (tertiary/aromatic N) is 5. The smallest absolute Gasteiger partial charge is 0.339 e. The number of aryl methyl sites for hydroxylation is 2. The SMILES string of the molecule is CCOC(=O)[C@@H](OC1CC1)c1c(C)cc2nc(-c3ccc4c(c3)c(N3CCN(C)CC3)nn4C)sc2c1-c1ccc(Cl)cc1. The third kappa shape index (κ3) is 5.47. The standard InChI is InChI=1S/C34H36ClN5O3S/c1-5-42-34(41)30(43-24-11-12-24)28-20(2)18-26-31(29(28)21-6-9-23(35)10-7-21)44-33(36-26)22-8-13-27-25(19-22)32(37-39(27)4)40-16-14-38(3)15-17-40/h6-10,13,18-19,24,30H,5,11-12,14-17H2,1-4H3/t30-/m0/s1. The summed E-state index contributed by atoms with van der Waals surface area (Å²) in [7, 11) is 4.17. The molecule has 5 aromatic rings. The van der Waals surface area contributed by atoms with Gasteiger partial charge in [0.1, 0.15) is 5.01 Å². The van der Waals surface area contributed by atoms with E-state index in [9.17, 15) is 4.79 Å². The van der Waals surface area contributed by atoms with Crippen molar-refractivity contribution in [2.24, 2.45) is 7.05 Å². The van der Waals surface area contributed by atoms with Gasteiger partial charge < -0.3 is 19.3 Å². The van der Waals surface area contributed by atoms with Gasteiger partial charge in [0.25, 0.3) is 0 Å². The number of thiazole rings is 1. The molecule has 1 atom stereocenters. The highest BCUT2D eigenvalue weighted by atomic mass is 35.5. The van der Waals surface area contributed by atoms with Crippen LogP contribution in [0.3, 0.4) is 0 Å². The molecule has 1 aliphatic carbocycles. The Labute approximate surface area is 266 Å². The lowest BCUT2D eigenvalue weighted by atomic mass is 9.91. The van der Waals surface area contributed by atoms with Crippen LogP contribution in [0.4, 0.5) is 5.82 Å². The molecule has 3 aromatic carbocycles. The third-order valence-electron chi connectivity index (χ3n) is 8.56. The molecule has 2 aromatic heterocycles. The van der Waals surface area contributed by atoms with Crippen molar-refractivity contribution in [3.05, 3.63) is 64.7 Å². The predicted molar refractivity (Wildman–Crippen MR) is 178 cm³/mol. The Kier molecular flexibility index (Phi) is 7.82. The summed E-state index contributed by atoms with van der Waals surface area (Å²) in [6.45, 7) is 8.07. The zero-order chi connectivity index (χ0) is 30.5. The predicted octanol–water partition coefficient (Wildman–Crippen LogP) is 7.01. The average molecular weight is 630 g/mol. The van der Waals surface area contributed by atoms with Crippen molar-refractivity contribution in [2.75, 3.05) is 44.7 Å². The first-order valence-corrected chi connectivity index (χ1v) is 16.4. The van der Waals surface area contributed by atoms with Gasteiger partial charge in [0.2, 0.25) is 0 Å². The van der Waals surface area contributed by atoms with Crippen molar-refractivity contribution >= 4 is 55.8 Å². The lowest BCUT2D eigenvalue weighted by Crippen LogP contribution is -2.44. The number of anilines is 1. The van der Waals surface area contributed by atoms with Crippen LogP contribution in [0.1, 0.15) is 37.0 Å². The number of esters is 1. The number of hydrogen-bond donors (Lipinski definition) is 0. The topological polar surface area (TPSA) is 72.7 Å². The molecule has 0 radical (unpaired) electrons. The number of carbonyl (C=O) groups is 1. The van der Waals surface area contributed by atoms with Crippen LogP contribution in [0, 0.1) is 6.92 Å².